The molecule has 1 aliphatic heterocycles. The van der Waals surface area contributed by atoms with Gasteiger partial charge in [0.25, 0.3) is 5.91 Å². The number of H-pyrrole nitrogens is 1. The third kappa shape index (κ3) is 4.96. The maximum absolute atomic E-state index is 12.6. The van der Waals surface area contributed by atoms with Crippen molar-refractivity contribution in [3.05, 3.63) is 30.1 Å². The lowest BCUT2D eigenvalue weighted by atomic mass is 10.1. The van der Waals surface area contributed by atoms with Gasteiger partial charge < -0.3 is 15.6 Å². The zero-order valence-electron chi connectivity index (χ0n) is 17.3. The second kappa shape index (κ2) is 8.53. The van der Waals surface area contributed by atoms with Crippen LogP contribution in [0.15, 0.2) is 24.4 Å². The molecule has 156 valence electrons. The van der Waals surface area contributed by atoms with Crippen molar-refractivity contribution in [2.75, 3.05) is 13.1 Å². The fraction of sp³-hybridized carbons (Fsp3) is 0.591. The molecule has 0 bridgehead atoms. The Morgan fingerprint density at radius 2 is 2.03 bits per heavy atom. The number of carbonyl (C=O) groups is 2. The van der Waals surface area contributed by atoms with E-state index in [0.29, 0.717) is 24.7 Å². The minimum atomic E-state index is -0.102. The van der Waals surface area contributed by atoms with Gasteiger partial charge in [0, 0.05) is 49.2 Å². The summed E-state index contributed by atoms with van der Waals surface area (Å²) in [6, 6.07) is 6.38. The van der Waals surface area contributed by atoms with E-state index in [1.54, 1.807) is 6.20 Å². The third-order valence-corrected chi connectivity index (χ3v) is 5.94. The van der Waals surface area contributed by atoms with Crippen molar-refractivity contribution in [2.24, 2.45) is 5.92 Å². The quantitative estimate of drug-likeness (QED) is 0.638. The molecule has 2 amide bonds. The Balaban J connectivity index is 1.36. The first-order valence-corrected chi connectivity index (χ1v) is 10.8. The molecule has 3 N–H and O–H groups in total. The molecule has 2 aromatic heterocycles. The number of nitrogens with one attached hydrogen (secondary N) is 3. The summed E-state index contributed by atoms with van der Waals surface area (Å²) in [5, 5.41) is 7.04. The highest BCUT2D eigenvalue weighted by molar-refractivity contribution is 5.97. The molecule has 0 radical (unpaired) electrons. The van der Waals surface area contributed by atoms with Crippen molar-refractivity contribution in [1.29, 1.82) is 0 Å². The average molecular weight is 398 g/mol. The van der Waals surface area contributed by atoms with Crippen LogP contribution in [0.2, 0.25) is 0 Å². The van der Waals surface area contributed by atoms with Crippen molar-refractivity contribution < 1.29 is 9.59 Å². The van der Waals surface area contributed by atoms with Gasteiger partial charge in [0.15, 0.2) is 0 Å². The standard InChI is InChI=1S/C22H31N5O2/c1-14(2)25-20(28)11-17-7-8-18(27(17)13-15-5-6-15)12-24-22(29)19-10-16-4-3-9-23-21(16)26-19/h3-4,9-10,14-15,17-18H,5-8,11-13H2,1-2H3,(H,23,26)(H,24,29)(H,25,28)/t17-,18+/m1/s1. The van der Waals surface area contributed by atoms with E-state index in [9.17, 15) is 9.59 Å². The van der Waals surface area contributed by atoms with Gasteiger partial charge in [-0.05, 0) is 63.6 Å². The number of amides is 2. The largest absolute Gasteiger partial charge is 0.354 e. The molecule has 0 aromatic carbocycles. The highest BCUT2D eigenvalue weighted by Gasteiger charge is 2.38. The predicted molar refractivity (Wildman–Crippen MR) is 113 cm³/mol. The molecule has 1 saturated carbocycles. The van der Waals surface area contributed by atoms with Crippen molar-refractivity contribution in [3.8, 4) is 0 Å². The van der Waals surface area contributed by atoms with Crippen LogP contribution in [0.3, 0.4) is 0 Å². The van der Waals surface area contributed by atoms with E-state index in [1.807, 2.05) is 32.0 Å². The van der Waals surface area contributed by atoms with E-state index in [-0.39, 0.29) is 23.9 Å². The second-order valence-corrected chi connectivity index (χ2v) is 8.79. The maximum atomic E-state index is 12.6. The van der Waals surface area contributed by atoms with Gasteiger partial charge in [0.1, 0.15) is 11.3 Å². The molecule has 7 nitrogen and oxygen atoms in total. The van der Waals surface area contributed by atoms with Gasteiger partial charge in [-0.15, -0.1) is 0 Å². The summed E-state index contributed by atoms with van der Waals surface area (Å²) in [4.78, 5) is 34.7. The van der Waals surface area contributed by atoms with Gasteiger partial charge in [-0.25, -0.2) is 4.98 Å². The van der Waals surface area contributed by atoms with Crippen LogP contribution in [-0.2, 0) is 4.79 Å². The summed E-state index contributed by atoms with van der Waals surface area (Å²) in [5.74, 6) is 0.776. The molecular formula is C22H31N5O2. The number of fused-ring (bicyclic) bond motifs is 1. The molecule has 2 fully saturated rings. The Kier molecular flexibility index (Phi) is 5.85. The molecule has 0 unspecified atom stereocenters. The minimum absolute atomic E-state index is 0.102. The highest BCUT2D eigenvalue weighted by Crippen LogP contribution is 2.35. The molecule has 2 atom stereocenters. The van der Waals surface area contributed by atoms with E-state index in [0.717, 1.165) is 36.3 Å². The number of nitrogens with zero attached hydrogens (tertiary/aromatic N) is 2. The first-order valence-electron chi connectivity index (χ1n) is 10.8. The number of aromatic nitrogens is 2. The molecule has 1 saturated heterocycles. The van der Waals surface area contributed by atoms with Crippen LogP contribution in [0.5, 0.6) is 0 Å². The minimum Gasteiger partial charge on any atom is -0.354 e. The van der Waals surface area contributed by atoms with Gasteiger partial charge in [-0.3, -0.25) is 14.5 Å². The highest BCUT2D eigenvalue weighted by atomic mass is 16.2. The molecule has 1 aliphatic carbocycles. The van der Waals surface area contributed by atoms with E-state index in [4.69, 9.17) is 0 Å². The zero-order valence-corrected chi connectivity index (χ0v) is 17.3. The fourth-order valence-electron chi connectivity index (χ4n) is 4.33. The smallest absolute Gasteiger partial charge is 0.267 e. The monoisotopic (exact) mass is 397 g/mol. The molecule has 3 heterocycles. The summed E-state index contributed by atoms with van der Waals surface area (Å²) < 4.78 is 0. The lowest BCUT2D eigenvalue weighted by molar-refractivity contribution is -0.122. The lowest BCUT2D eigenvalue weighted by Crippen LogP contribution is -2.46. The van der Waals surface area contributed by atoms with Crippen LogP contribution in [0, 0.1) is 5.92 Å². The lowest BCUT2D eigenvalue weighted by Gasteiger charge is -2.30. The predicted octanol–water partition coefficient (Wildman–Crippen LogP) is 2.45. The number of hydrogen-bond acceptors (Lipinski definition) is 4. The summed E-state index contributed by atoms with van der Waals surface area (Å²) in [6.07, 6.45) is 6.84. The van der Waals surface area contributed by atoms with Gasteiger partial charge in [-0.2, -0.15) is 0 Å². The fourth-order valence-corrected chi connectivity index (χ4v) is 4.33. The van der Waals surface area contributed by atoms with Crippen molar-refractivity contribution >= 4 is 22.8 Å². The van der Waals surface area contributed by atoms with Gasteiger partial charge in [-0.1, -0.05) is 0 Å². The molecule has 2 aliphatic rings. The first-order chi connectivity index (χ1) is 14.0. The number of carbonyl (C=O) groups excluding carboxylic acids is 2. The Bertz CT molecular complexity index is 840. The molecule has 7 heteroatoms. The Morgan fingerprint density at radius 1 is 1.24 bits per heavy atom. The summed E-state index contributed by atoms with van der Waals surface area (Å²) in [7, 11) is 0. The van der Waals surface area contributed by atoms with Crippen LogP contribution in [0.25, 0.3) is 11.0 Å². The average Bonchev–Trinajstić information content (AvgIpc) is 3.27. The Morgan fingerprint density at radius 3 is 2.76 bits per heavy atom. The zero-order chi connectivity index (χ0) is 20.4. The number of pyridine rings is 1. The Hall–Kier alpha value is -2.41. The van der Waals surface area contributed by atoms with Crippen LogP contribution < -0.4 is 10.6 Å². The van der Waals surface area contributed by atoms with Crippen molar-refractivity contribution in [3.63, 3.8) is 0 Å². The first kappa shape index (κ1) is 19.9. The number of aromatic amines is 1. The van der Waals surface area contributed by atoms with Gasteiger partial charge in [0.05, 0.1) is 0 Å². The maximum Gasteiger partial charge on any atom is 0.267 e. The van der Waals surface area contributed by atoms with Crippen LogP contribution in [0.1, 0.15) is 56.4 Å². The number of hydrogen-bond donors (Lipinski definition) is 3. The molecule has 29 heavy (non-hydrogen) atoms. The van der Waals surface area contributed by atoms with E-state index < -0.39 is 0 Å². The molecule has 4 rings (SSSR count). The number of rotatable bonds is 8. The van der Waals surface area contributed by atoms with E-state index in [2.05, 4.69) is 25.5 Å². The van der Waals surface area contributed by atoms with Crippen LogP contribution in [0.4, 0.5) is 0 Å². The summed E-state index contributed by atoms with van der Waals surface area (Å²) >= 11 is 0. The second-order valence-electron chi connectivity index (χ2n) is 8.79. The molecular weight excluding hydrogens is 366 g/mol. The third-order valence-electron chi connectivity index (χ3n) is 5.94. The van der Waals surface area contributed by atoms with Crippen LogP contribution in [-0.4, -0.2) is 57.9 Å². The summed E-state index contributed by atoms with van der Waals surface area (Å²) in [5.41, 5.74) is 1.27. The van der Waals surface area contributed by atoms with E-state index in [1.165, 1.54) is 12.8 Å². The Labute approximate surface area is 171 Å². The van der Waals surface area contributed by atoms with Crippen LogP contribution >= 0.6 is 0 Å². The van der Waals surface area contributed by atoms with Gasteiger partial charge >= 0.3 is 0 Å². The van der Waals surface area contributed by atoms with Crippen molar-refractivity contribution in [2.45, 2.75) is 64.1 Å². The molecule has 0 spiro atoms. The number of likely N-dealkylation sites (tertiary alicyclic amines) is 1. The molecule has 2 aromatic rings. The SMILES string of the molecule is CC(C)NC(=O)C[C@H]1CC[C@@H](CNC(=O)c2cc3cccnc3[nH]2)N1CC1CC1. The topological polar surface area (TPSA) is 90.1 Å². The van der Waals surface area contributed by atoms with Crippen molar-refractivity contribution in [1.82, 2.24) is 25.5 Å². The van der Waals surface area contributed by atoms with Gasteiger partial charge in [0.2, 0.25) is 5.91 Å². The van der Waals surface area contributed by atoms with E-state index >= 15 is 0 Å². The summed E-state index contributed by atoms with van der Waals surface area (Å²) in [6.45, 7) is 5.63. The normalized spacial score (nSPS) is 22.3.